The molecular weight excluding hydrogens is 322 g/mol. The molecule has 0 aliphatic carbocycles. The maximum atomic E-state index is 10.5. The van der Waals surface area contributed by atoms with Crippen molar-refractivity contribution in [3.05, 3.63) is 45.5 Å². The highest BCUT2D eigenvalue weighted by Crippen LogP contribution is 2.21. The van der Waals surface area contributed by atoms with Crippen molar-refractivity contribution in [2.45, 2.75) is 19.8 Å². The molecule has 1 N–H and O–H groups in total. The smallest absolute Gasteiger partial charge is 0.287 e. The van der Waals surface area contributed by atoms with Crippen molar-refractivity contribution >= 4 is 23.1 Å². The minimum absolute atomic E-state index is 0.0656. The average Bonchev–Trinajstić information content (AvgIpc) is 2.56. The maximum absolute atomic E-state index is 10.5. The number of aryl methyl sites for hydroxylation is 1. The SMILES string of the molecule is CCc1ncnc(NCCCOc2ccc([N+](=O)[O-])cn2)c1Cl. The van der Waals surface area contributed by atoms with Gasteiger partial charge in [0.2, 0.25) is 5.88 Å². The number of nitro groups is 1. The predicted molar refractivity (Wildman–Crippen MR) is 85.9 cm³/mol. The van der Waals surface area contributed by atoms with Crippen LogP contribution >= 0.6 is 11.6 Å². The van der Waals surface area contributed by atoms with Crippen LogP contribution in [0.4, 0.5) is 11.5 Å². The molecular formula is C14H16ClN5O3. The number of nitrogens with one attached hydrogen (secondary N) is 1. The van der Waals surface area contributed by atoms with E-state index in [0.717, 1.165) is 12.1 Å². The van der Waals surface area contributed by atoms with Crippen LogP contribution in [0.3, 0.4) is 0 Å². The Kier molecular flexibility index (Phi) is 6.04. The number of nitrogens with zero attached hydrogens (tertiary/aromatic N) is 4. The van der Waals surface area contributed by atoms with E-state index in [1.807, 2.05) is 6.92 Å². The number of aromatic nitrogens is 3. The maximum Gasteiger partial charge on any atom is 0.287 e. The lowest BCUT2D eigenvalue weighted by Crippen LogP contribution is -2.10. The van der Waals surface area contributed by atoms with E-state index in [1.54, 1.807) is 0 Å². The van der Waals surface area contributed by atoms with Crippen molar-refractivity contribution in [1.82, 2.24) is 15.0 Å². The molecule has 8 nitrogen and oxygen atoms in total. The number of hydrogen-bond acceptors (Lipinski definition) is 7. The zero-order valence-electron chi connectivity index (χ0n) is 12.5. The van der Waals surface area contributed by atoms with Gasteiger partial charge in [0, 0.05) is 18.7 Å². The molecule has 23 heavy (non-hydrogen) atoms. The van der Waals surface area contributed by atoms with Gasteiger partial charge in [0.05, 0.1) is 17.2 Å². The van der Waals surface area contributed by atoms with Crippen LogP contribution < -0.4 is 10.1 Å². The molecule has 2 aromatic rings. The van der Waals surface area contributed by atoms with Gasteiger partial charge in [0.1, 0.15) is 23.4 Å². The standard InChI is InChI=1S/C14H16ClN5O3/c1-2-11-13(15)14(19-9-18-11)16-6-3-7-23-12-5-4-10(8-17-12)20(21)22/h4-5,8-9H,2-3,6-7H2,1H3,(H,16,18,19). The van der Waals surface area contributed by atoms with E-state index in [-0.39, 0.29) is 5.69 Å². The molecule has 0 saturated heterocycles. The van der Waals surface area contributed by atoms with E-state index < -0.39 is 4.92 Å². The van der Waals surface area contributed by atoms with Crippen molar-refractivity contribution < 1.29 is 9.66 Å². The molecule has 0 aliphatic rings. The first-order valence-electron chi connectivity index (χ1n) is 7.08. The molecule has 0 unspecified atom stereocenters. The molecule has 0 atom stereocenters. The van der Waals surface area contributed by atoms with Crippen LogP contribution in [0.25, 0.3) is 0 Å². The summed E-state index contributed by atoms with van der Waals surface area (Å²) in [4.78, 5) is 22.1. The lowest BCUT2D eigenvalue weighted by atomic mass is 10.3. The second kappa shape index (κ2) is 8.23. The second-order valence-electron chi connectivity index (χ2n) is 4.58. The molecule has 2 heterocycles. The zero-order chi connectivity index (χ0) is 16.7. The van der Waals surface area contributed by atoms with E-state index in [0.29, 0.717) is 36.3 Å². The Balaban J connectivity index is 1.75. The molecule has 0 saturated carbocycles. The highest BCUT2D eigenvalue weighted by atomic mass is 35.5. The van der Waals surface area contributed by atoms with E-state index >= 15 is 0 Å². The van der Waals surface area contributed by atoms with Crippen LogP contribution in [0.5, 0.6) is 5.88 Å². The van der Waals surface area contributed by atoms with Crippen LogP contribution in [0, 0.1) is 10.1 Å². The summed E-state index contributed by atoms with van der Waals surface area (Å²) in [7, 11) is 0. The number of ether oxygens (including phenoxy) is 1. The van der Waals surface area contributed by atoms with Gasteiger partial charge < -0.3 is 10.1 Å². The lowest BCUT2D eigenvalue weighted by molar-refractivity contribution is -0.385. The summed E-state index contributed by atoms with van der Waals surface area (Å²) in [5, 5.41) is 14.2. The van der Waals surface area contributed by atoms with Gasteiger partial charge in [0.15, 0.2) is 0 Å². The summed E-state index contributed by atoms with van der Waals surface area (Å²) < 4.78 is 5.41. The van der Waals surface area contributed by atoms with Gasteiger partial charge in [-0.15, -0.1) is 0 Å². The Labute approximate surface area is 138 Å². The molecule has 9 heteroatoms. The first-order chi connectivity index (χ1) is 11.1. The minimum atomic E-state index is -0.503. The third-order valence-electron chi connectivity index (χ3n) is 2.99. The van der Waals surface area contributed by atoms with Gasteiger partial charge >= 0.3 is 0 Å². The normalized spacial score (nSPS) is 10.3. The molecule has 0 aliphatic heterocycles. The van der Waals surface area contributed by atoms with Crippen LogP contribution in [0.2, 0.25) is 5.02 Å². The summed E-state index contributed by atoms with van der Waals surface area (Å²) in [6, 6.07) is 2.83. The summed E-state index contributed by atoms with van der Waals surface area (Å²) >= 11 is 6.17. The molecule has 0 bridgehead atoms. The van der Waals surface area contributed by atoms with Crippen molar-refractivity contribution in [2.75, 3.05) is 18.5 Å². The van der Waals surface area contributed by atoms with Crippen LogP contribution in [-0.4, -0.2) is 33.0 Å². The molecule has 2 rings (SSSR count). The third kappa shape index (κ3) is 4.75. The third-order valence-corrected chi connectivity index (χ3v) is 3.39. The molecule has 2 aromatic heterocycles. The van der Waals surface area contributed by atoms with E-state index in [1.165, 1.54) is 24.7 Å². The van der Waals surface area contributed by atoms with E-state index in [2.05, 4.69) is 20.3 Å². The van der Waals surface area contributed by atoms with E-state index in [9.17, 15) is 10.1 Å². The highest BCUT2D eigenvalue weighted by molar-refractivity contribution is 6.33. The van der Waals surface area contributed by atoms with E-state index in [4.69, 9.17) is 16.3 Å². The summed E-state index contributed by atoms with van der Waals surface area (Å²) in [5.41, 5.74) is 0.736. The summed E-state index contributed by atoms with van der Waals surface area (Å²) in [6.45, 7) is 3.01. The Morgan fingerprint density at radius 1 is 1.35 bits per heavy atom. The monoisotopic (exact) mass is 337 g/mol. The Morgan fingerprint density at radius 2 is 2.17 bits per heavy atom. The average molecular weight is 338 g/mol. The van der Waals surface area contributed by atoms with Gasteiger partial charge in [-0.05, 0) is 12.8 Å². The molecule has 0 radical (unpaired) electrons. The van der Waals surface area contributed by atoms with Crippen molar-refractivity contribution in [1.29, 1.82) is 0 Å². The Hall–Kier alpha value is -2.48. The van der Waals surface area contributed by atoms with Crippen LogP contribution in [0.1, 0.15) is 19.0 Å². The first kappa shape index (κ1) is 16.9. The summed E-state index contributed by atoms with van der Waals surface area (Å²) in [6.07, 6.45) is 4.08. The van der Waals surface area contributed by atoms with Gasteiger partial charge in [0.25, 0.3) is 5.69 Å². The predicted octanol–water partition coefficient (Wildman–Crippen LogP) is 2.88. The number of hydrogen-bond donors (Lipinski definition) is 1. The zero-order valence-corrected chi connectivity index (χ0v) is 13.3. The molecule has 122 valence electrons. The van der Waals surface area contributed by atoms with Crippen LogP contribution in [-0.2, 0) is 6.42 Å². The van der Waals surface area contributed by atoms with Gasteiger partial charge in [-0.3, -0.25) is 10.1 Å². The van der Waals surface area contributed by atoms with Gasteiger partial charge in [-0.2, -0.15) is 0 Å². The lowest BCUT2D eigenvalue weighted by Gasteiger charge is -2.09. The van der Waals surface area contributed by atoms with Crippen molar-refractivity contribution in [2.24, 2.45) is 0 Å². The number of halogens is 1. The first-order valence-corrected chi connectivity index (χ1v) is 7.46. The second-order valence-corrected chi connectivity index (χ2v) is 4.96. The Morgan fingerprint density at radius 3 is 2.83 bits per heavy atom. The quantitative estimate of drug-likeness (QED) is 0.448. The topological polar surface area (TPSA) is 103 Å². The fourth-order valence-electron chi connectivity index (χ4n) is 1.80. The summed E-state index contributed by atoms with van der Waals surface area (Å²) in [5.74, 6) is 0.955. The number of pyridine rings is 1. The van der Waals surface area contributed by atoms with Crippen LogP contribution in [0.15, 0.2) is 24.7 Å². The number of anilines is 1. The Bertz CT molecular complexity index is 666. The van der Waals surface area contributed by atoms with Gasteiger partial charge in [-0.1, -0.05) is 18.5 Å². The fraction of sp³-hybridized carbons (Fsp3) is 0.357. The molecule has 0 aromatic carbocycles. The fourth-order valence-corrected chi connectivity index (χ4v) is 2.10. The van der Waals surface area contributed by atoms with Crippen molar-refractivity contribution in [3.63, 3.8) is 0 Å². The molecule has 0 fully saturated rings. The van der Waals surface area contributed by atoms with Crippen molar-refractivity contribution in [3.8, 4) is 5.88 Å². The molecule has 0 spiro atoms. The highest BCUT2D eigenvalue weighted by Gasteiger charge is 2.07. The van der Waals surface area contributed by atoms with Gasteiger partial charge in [-0.25, -0.2) is 15.0 Å². The number of rotatable bonds is 8. The molecule has 0 amide bonds. The largest absolute Gasteiger partial charge is 0.478 e. The minimum Gasteiger partial charge on any atom is -0.478 e.